The van der Waals surface area contributed by atoms with Crippen LogP contribution < -0.4 is 10.6 Å². The molecule has 1 aromatic heterocycles. The van der Waals surface area contributed by atoms with Crippen molar-refractivity contribution in [1.29, 1.82) is 0 Å². The SMILES string of the molecule is C=CCn1ccnc1N1CCc2c(N)cccc2C1. The topological polar surface area (TPSA) is 47.1 Å². The molecule has 0 radical (unpaired) electrons. The monoisotopic (exact) mass is 254 g/mol. The molecule has 4 nitrogen and oxygen atoms in total. The van der Waals surface area contributed by atoms with Crippen molar-refractivity contribution in [2.75, 3.05) is 17.2 Å². The van der Waals surface area contributed by atoms with Crippen molar-refractivity contribution in [3.05, 3.63) is 54.4 Å². The van der Waals surface area contributed by atoms with Crippen LogP contribution in [-0.2, 0) is 19.5 Å². The molecule has 0 bridgehead atoms. The fourth-order valence-electron chi connectivity index (χ4n) is 2.68. The number of hydrogen-bond donors (Lipinski definition) is 1. The molecule has 0 fully saturated rings. The van der Waals surface area contributed by atoms with Crippen LogP contribution in [0, 0.1) is 0 Å². The van der Waals surface area contributed by atoms with E-state index in [-0.39, 0.29) is 0 Å². The third-order valence-corrected chi connectivity index (χ3v) is 3.60. The summed E-state index contributed by atoms with van der Waals surface area (Å²) >= 11 is 0. The van der Waals surface area contributed by atoms with Crippen molar-refractivity contribution < 1.29 is 0 Å². The number of hydrogen-bond acceptors (Lipinski definition) is 3. The summed E-state index contributed by atoms with van der Waals surface area (Å²) < 4.78 is 2.12. The number of benzene rings is 1. The van der Waals surface area contributed by atoms with Gasteiger partial charge in [0.2, 0.25) is 5.95 Å². The summed E-state index contributed by atoms with van der Waals surface area (Å²) in [5, 5.41) is 0. The van der Waals surface area contributed by atoms with Crippen LogP contribution >= 0.6 is 0 Å². The Morgan fingerprint density at radius 3 is 3.16 bits per heavy atom. The number of rotatable bonds is 3. The van der Waals surface area contributed by atoms with Crippen LogP contribution in [0.25, 0.3) is 0 Å². The molecule has 2 N–H and O–H groups in total. The molecule has 4 heteroatoms. The molecule has 0 saturated carbocycles. The lowest BCUT2D eigenvalue weighted by atomic mass is 9.98. The highest BCUT2D eigenvalue weighted by molar-refractivity contribution is 5.54. The number of allylic oxidation sites excluding steroid dienone is 1. The van der Waals surface area contributed by atoms with E-state index in [1.165, 1.54) is 11.1 Å². The molecule has 0 saturated heterocycles. The van der Waals surface area contributed by atoms with E-state index in [1.807, 2.05) is 30.6 Å². The zero-order valence-corrected chi connectivity index (χ0v) is 10.9. The Bertz CT molecular complexity index is 600. The average molecular weight is 254 g/mol. The van der Waals surface area contributed by atoms with Gasteiger partial charge in [0.25, 0.3) is 0 Å². The largest absolute Gasteiger partial charge is 0.398 e. The second-order valence-electron chi connectivity index (χ2n) is 4.82. The quantitative estimate of drug-likeness (QED) is 0.675. The van der Waals surface area contributed by atoms with Gasteiger partial charge in [0.1, 0.15) is 0 Å². The smallest absolute Gasteiger partial charge is 0.206 e. The normalized spacial score (nSPS) is 14.2. The molecule has 2 heterocycles. The molecule has 2 aromatic rings. The summed E-state index contributed by atoms with van der Waals surface area (Å²) in [6.45, 7) is 6.40. The fourth-order valence-corrected chi connectivity index (χ4v) is 2.68. The molecule has 0 atom stereocenters. The first-order valence-corrected chi connectivity index (χ1v) is 6.53. The maximum Gasteiger partial charge on any atom is 0.206 e. The molecule has 0 spiro atoms. The zero-order chi connectivity index (χ0) is 13.2. The molecular weight excluding hydrogens is 236 g/mol. The van der Waals surface area contributed by atoms with Crippen molar-refractivity contribution in [3.63, 3.8) is 0 Å². The van der Waals surface area contributed by atoms with Crippen LogP contribution in [0.3, 0.4) is 0 Å². The highest BCUT2D eigenvalue weighted by atomic mass is 15.3. The Balaban J connectivity index is 1.89. The van der Waals surface area contributed by atoms with Crippen LogP contribution in [0.2, 0.25) is 0 Å². The Morgan fingerprint density at radius 1 is 1.42 bits per heavy atom. The minimum absolute atomic E-state index is 0.787. The summed E-state index contributed by atoms with van der Waals surface area (Å²) in [5.41, 5.74) is 9.54. The second-order valence-corrected chi connectivity index (χ2v) is 4.82. The van der Waals surface area contributed by atoms with E-state index in [4.69, 9.17) is 5.73 Å². The summed E-state index contributed by atoms with van der Waals surface area (Å²) in [5.74, 6) is 1.01. The van der Waals surface area contributed by atoms with Crippen LogP contribution in [0.5, 0.6) is 0 Å². The molecule has 3 rings (SSSR count). The first-order chi connectivity index (χ1) is 9.29. The highest BCUT2D eigenvalue weighted by Crippen LogP contribution is 2.26. The Labute approximate surface area is 113 Å². The Hall–Kier alpha value is -2.23. The van der Waals surface area contributed by atoms with Gasteiger partial charge in [0, 0.05) is 37.7 Å². The van der Waals surface area contributed by atoms with E-state index >= 15 is 0 Å². The number of fused-ring (bicyclic) bond motifs is 1. The highest BCUT2D eigenvalue weighted by Gasteiger charge is 2.20. The molecule has 0 amide bonds. The van der Waals surface area contributed by atoms with E-state index in [1.54, 1.807) is 0 Å². The number of nitrogens with two attached hydrogens (primary N) is 1. The number of nitrogens with zero attached hydrogens (tertiary/aromatic N) is 3. The van der Waals surface area contributed by atoms with Crippen LogP contribution in [0.1, 0.15) is 11.1 Å². The molecular formula is C15H18N4. The lowest BCUT2D eigenvalue weighted by Crippen LogP contribution is -2.32. The molecule has 1 aromatic carbocycles. The number of imidazole rings is 1. The predicted octanol–water partition coefficient (Wildman–Crippen LogP) is 2.21. The lowest BCUT2D eigenvalue weighted by Gasteiger charge is -2.30. The Morgan fingerprint density at radius 2 is 2.32 bits per heavy atom. The average Bonchev–Trinajstić information content (AvgIpc) is 2.87. The van der Waals surface area contributed by atoms with Crippen molar-refractivity contribution in [3.8, 4) is 0 Å². The first-order valence-electron chi connectivity index (χ1n) is 6.53. The minimum Gasteiger partial charge on any atom is -0.398 e. The molecule has 1 aliphatic rings. The maximum atomic E-state index is 6.03. The summed E-state index contributed by atoms with van der Waals surface area (Å²) in [4.78, 5) is 6.76. The van der Waals surface area contributed by atoms with Gasteiger partial charge in [-0.15, -0.1) is 6.58 Å². The van der Waals surface area contributed by atoms with E-state index in [0.717, 1.165) is 37.7 Å². The molecule has 0 unspecified atom stereocenters. The predicted molar refractivity (Wildman–Crippen MR) is 78.0 cm³/mol. The maximum absolute atomic E-state index is 6.03. The van der Waals surface area contributed by atoms with Gasteiger partial charge >= 0.3 is 0 Å². The second kappa shape index (κ2) is 4.80. The summed E-state index contributed by atoms with van der Waals surface area (Å²) in [6, 6.07) is 6.15. The van der Waals surface area contributed by atoms with E-state index in [9.17, 15) is 0 Å². The van der Waals surface area contributed by atoms with Crippen LogP contribution in [0.4, 0.5) is 11.6 Å². The van der Waals surface area contributed by atoms with Gasteiger partial charge in [-0.1, -0.05) is 18.2 Å². The molecule has 1 aliphatic heterocycles. The number of anilines is 2. The molecule has 19 heavy (non-hydrogen) atoms. The molecule has 98 valence electrons. The third-order valence-electron chi connectivity index (χ3n) is 3.60. The lowest BCUT2D eigenvalue weighted by molar-refractivity contribution is 0.676. The Kier molecular flexibility index (Phi) is 2.99. The van der Waals surface area contributed by atoms with Gasteiger partial charge < -0.3 is 15.2 Å². The van der Waals surface area contributed by atoms with Gasteiger partial charge in [-0.2, -0.15) is 0 Å². The van der Waals surface area contributed by atoms with Crippen LogP contribution in [-0.4, -0.2) is 16.1 Å². The van der Waals surface area contributed by atoms with E-state index in [0.29, 0.717) is 0 Å². The van der Waals surface area contributed by atoms with E-state index in [2.05, 4.69) is 27.1 Å². The third kappa shape index (κ3) is 2.10. The molecule has 0 aliphatic carbocycles. The standard InChI is InChI=1S/C15H18N4/c1-2-8-18-10-7-17-15(18)19-9-6-13-12(11-19)4-3-5-14(13)16/h2-5,7,10H,1,6,8-9,11,16H2. The number of nitrogen functional groups attached to an aromatic ring is 1. The van der Waals surface area contributed by atoms with Gasteiger partial charge in [0.05, 0.1) is 0 Å². The van der Waals surface area contributed by atoms with Crippen LogP contribution in [0.15, 0.2) is 43.2 Å². The fraction of sp³-hybridized carbons (Fsp3) is 0.267. The van der Waals surface area contributed by atoms with Gasteiger partial charge in [-0.05, 0) is 23.6 Å². The zero-order valence-electron chi connectivity index (χ0n) is 10.9. The minimum atomic E-state index is 0.787. The van der Waals surface area contributed by atoms with Crippen molar-refractivity contribution >= 4 is 11.6 Å². The summed E-state index contributed by atoms with van der Waals surface area (Å²) in [7, 11) is 0. The van der Waals surface area contributed by atoms with Crippen molar-refractivity contribution in [2.45, 2.75) is 19.5 Å². The van der Waals surface area contributed by atoms with Gasteiger partial charge in [-0.25, -0.2) is 4.98 Å². The van der Waals surface area contributed by atoms with Crippen molar-refractivity contribution in [1.82, 2.24) is 9.55 Å². The van der Waals surface area contributed by atoms with Gasteiger partial charge in [-0.3, -0.25) is 0 Å². The van der Waals surface area contributed by atoms with Gasteiger partial charge in [0.15, 0.2) is 0 Å². The van der Waals surface area contributed by atoms with E-state index < -0.39 is 0 Å². The summed E-state index contributed by atoms with van der Waals surface area (Å²) in [6.07, 6.45) is 6.70. The number of aromatic nitrogens is 2. The first kappa shape index (κ1) is 11.8. The van der Waals surface area contributed by atoms with Crippen molar-refractivity contribution in [2.24, 2.45) is 0 Å².